The summed E-state index contributed by atoms with van der Waals surface area (Å²) in [5.41, 5.74) is 9.83. The summed E-state index contributed by atoms with van der Waals surface area (Å²) in [5.74, 6) is 0. The third kappa shape index (κ3) is 4.80. The van der Waals surface area contributed by atoms with E-state index >= 15 is 0 Å². The van der Waals surface area contributed by atoms with Gasteiger partial charge in [-0.05, 0) is 70.4 Å². The fourth-order valence-corrected chi connectivity index (χ4v) is 11.1. The van der Waals surface area contributed by atoms with Crippen LogP contribution in [0.2, 0.25) is 0 Å². The first kappa shape index (κ1) is 31.6. The lowest BCUT2D eigenvalue weighted by atomic mass is 9.94. The Hall–Kier alpha value is -6.72. The second-order valence-electron chi connectivity index (χ2n) is 14.4. The molecule has 0 aliphatic rings. The summed E-state index contributed by atoms with van der Waals surface area (Å²) in [6, 6.07) is 68.2. The first-order valence-electron chi connectivity index (χ1n) is 18.9. The molecule has 0 radical (unpaired) electrons. The predicted molar refractivity (Wildman–Crippen MR) is 243 cm³/mol. The smallest absolute Gasteiger partial charge is 0.143 e. The van der Waals surface area contributed by atoms with Crippen molar-refractivity contribution < 1.29 is 4.42 Å². The Morgan fingerprint density at radius 2 is 1.00 bits per heavy atom. The Morgan fingerprint density at radius 1 is 0.393 bits per heavy atom. The summed E-state index contributed by atoms with van der Waals surface area (Å²) < 4.78 is 12.3. The van der Waals surface area contributed by atoms with Gasteiger partial charge in [-0.3, -0.25) is 0 Å². The van der Waals surface area contributed by atoms with Crippen molar-refractivity contribution in [3.8, 4) is 22.3 Å². The molecule has 12 aromatic rings. The summed E-state index contributed by atoms with van der Waals surface area (Å²) in [4.78, 5) is 2.40. The second-order valence-corrected chi connectivity index (χ2v) is 16.5. The monoisotopic (exact) mass is 749 g/mol. The molecule has 3 heterocycles. The SMILES string of the molecule is c1ccc(-c2ccc(N(c3ccc4c(c3)oc3c(-c5cccc6c5sc5ccccc56)c5ccccc5cc34)c3cccc4c3sc3ccccc34)cc2)cc1. The number of rotatable bonds is 5. The lowest BCUT2D eigenvalue weighted by Crippen LogP contribution is -2.10. The van der Waals surface area contributed by atoms with E-state index in [9.17, 15) is 0 Å². The van der Waals surface area contributed by atoms with Crippen LogP contribution in [0.25, 0.3) is 95.3 Å². The number of benzene rings is 9. The lowest BCUT2D eigenvalue weighted by Gasteiger charge is -2.26. The second kappa shape index (κ2) is 12.4. The van der Waals surface area contributed by atoms with Crippen molar-refractivity contribution in [2.24, 2.45) is 0 Å². The Labute approximate surface area is 330 Å². The molecule has 4 heteroatoms. The number of hydrogen-bond donors (Lipinski definition) is 0. The van der Waals surface area contributed by atoms with Gasteiger partial charge in [0.1, 0.15) is 11.2 Å². The topological polar surface area (TPSA) is 16.4 Å². The average molecular weight is 750 g/mol. The highest BCUT2D eigenvalue weighted by Crippen LogP contribution is 2.49. The molecule has 2 nitrogen and oxygen atoms in total. The maximum absolute atomic E-state index is 7.12. The van der Waals surface area contributed by atoms with Crippen LogP contribution >= 0.6 is 22.7 Å². The summed E-state index contributed by atoms with van der Waals surface area (Å²) >= 11 is 3.72. The largest absolute Gasteiger partial charge is 0.455 e. The molecule has 9 aromatic carbocycles. The molecular weight excluding hydrogens is 719 g/mol. The van der Waals surface area contributed by atoms with Gasteiger partial charge in [0, 0.05) is 75.0 Å². The minimum absolute atomic E-state index is 0.868. The molecule has 0 fully saturated rings. The van der Waals surface area contributed by atoms with Gasteiger partial charge in [0.2, 0.25) is 0 Å². The lowest BCUT2D eigenvalue weighted by molar-refractivity contribution is 0.670. The molecule has 0 saturated carbocycles. The van der Waals surface area contributed by atoms with Gasteiger partial charge in [-0.1, -0.05) is 133 Å². The summed E-state index contributed by atoms with van der Waals surface area (Å²) in [5, 5.41) is 9.78. The van der Waals surface area contributed by atoms with E-state index in [0.717, 1.165) is 44.6 Å². The van der Waals surface area contributed by atoms with E-state index in [-0.39, 0.29) is 0 Å². The molecule has 0 N–H and O–H groups in total. The van der Waals surface area contributed by atoms with Crippen LogP contribution in [0.15, 0.2) is 192 Å². The van der Waals surface area contributed by atoms with Gasteiger partial charge in [0.05, 0.1) is 10.4 Å². The third-order valence-electron chi connectivity index (χ3n) is 11.3. The maximum atomic E-state index is 7.12. The number of thiophene rings is 2. The van der Waals surface area contributed by atoms with Gasteiger partial charge in [-0.25, -0.2) is 0 Å². The van der Waals surface area contributed by atoms with E-state index in [4.69, 9.17) is 4.42 Å². The average Bonchev–Trinajstić information content (AvgIpc) is 3.95. The van der Waals surface area contributed by atoms with Gasteiger partial charge >= 0.3 is 0 Å². The van der Waals surface area contributed by atoms with Gasteiger partial charge in [-0.15, -0.1) is 22.7 Å². The van der Waals surface area contributed by atoms with E-state index in [0.29, 0.717) is 0 Å². The fourth-order valence-electron chi connectivity index (χ4n) is 8.68. The number of hydrogen-bond acceptors (Lipinski definition) is 4. The summed E-state index contributed by atoms with van der Waals surface area (Å²) in [7, 11) is 0. The number of fused-ring (bicyclic) bond motifs is 10. The summed E-state index contributed by atoms with van der Waals surface area (Å²) in [6.45, 7) is 0. The summed E-state index contributed by atoms with van der Waals surface area (Å²) in [6.07, 6.45) is 0. The van der Waals surface area contributed by atoms with Crippen molar-refractivity contribution in [2.45, 2.75) is 0 Å². The molecule has 0 atom stereocenters. The first-order valence-corrected chi connectivity index (χ1v) is 20.5. The van der Waals surface area contributed by atoms with E-state index in [1.807, 2.05) is 22.7 Å². The zero-order valence-corrected chi connectivity index (χ0v) is 31.7. The van der Waals surface area contributed by atoms with Crippen molar-refractivity contribution >= 4 is 113 Å². The zero-order valence-electron chi connectivity index (χ0n) is 30.1. The molecular formula is C52H31NOS2. The Kier molecular flexibility index (Phi) is 7.00. The van der Waals surface area contributed by atoms with Gasteiger partial charge in [-0.2, -0.15) is 0 Å². The van der Waals surface area contributed by atoms with Crippen molar-refractivity contribution in [3.05, 3.63) is 188 Å². The van der Waals surface area contributed by atoms with Crippen molar-refractivity contribution in [2.75, 3.05) is 4.90 Å². The van der Waals surface area contributed by atoms with Crippen LogP contribution in [0.1, 0.15) is 0 Å². The van der Waals surface area contributed by atoms with Crippen LogP contribution in [-0.4, -0.2) is 0 Å². The van der Waals surface area contributed by atoms with Crippen LogP contribution in [0.4, 0.5) is 17.1 Å². The number of furan rings is 1. The molecule has 0 spiro atoms. The van der Waals surface area contributed by atoms with E-state index in [1.165, 1.54) is 67.8 Å². The quantitative estimate of drug-likeness (QED) is 0.174. The van der Waals surface area contributed by atoms with Gasteiger partial charge < -0.3 is 9.32 Å². The Morgan fingerprint density at radius 3 is 1.79 bits per heavy atom. The minimum atomic E-state index is 0.868. The molecule has 0 amide bonds. The molecule has 12 rings (SSSR count). The molecule has 0 aliphatic carbocycles. The standard InChI is InChI=1S/C52H31NOS2/c1-2-12-32(13-3-1)33-24-26-35(27-25-33)53(45-21-11-19-42-40-17-7-9-23-48(40)56-52(42)45)36-28-29-38-44-30-34-14-4-5-15-37(34)49(50(44)54-46(38)31-36)43-20-10-18-41-39-16-6-8-22-47(39)55-51(41)43/h1-31H. The minimum Gasteiger partial charge on any atom is -0.455 e. The van der Waals surface area contributed by atoms with Crippen molar-refractivity contribution in [3.63, 3.8) is 0 Å². The van der Waals surface area contributed by atoms with Crippen LogP contribution in [0.3, 0.4) is 0 Å². The third-order valence-corrected chi connectivity index (χ3v) is 13.7. The highest BCUT2D eigenvalue weighted by Gasteiger charge is 2.23. The van der Waals surface area contributed by atoms with Crippen LogP contribution < -0.4 is 4.90 Å². The highest BCUT2D eigenvalue weighted by atomic mass is 32.1. The van der Waals surface area contributed by atoms with E-state index in [1.54, 1.807) is 0 Å². The van der Waals surface area contributed by atoms with Gasteiger partial charge in [0.15, 0.2) is 0 Å². The Bertz CT molecular complexity index is 3480. The Balaban J connectivity index is 1.10. The highest BCUT2D eigenvalue weighted by molar-refractivity contribution is 7.26. The molecule has 0 unspecified atom stereocenters. The molecule has 56 heavy (non-hydrogen) atoms. The van der Waals surface area contributed by atoms with Crippen molar-refractivity contribution in [1.82, 2.24) is 0 Å². The first-order chi connectivity index (χ1) is 27.8. The zero-order chi connectivity index (χ0) is 36.7. The van der Waals surface area contributed by atoms with E-state index < -0.39 is 0 Å². The molecule has 0 bridgehead atoms. The van der Waals surface area contributed by atoms with Crippen LogP contribution in [-0.2, 0) is 0 Å². The molecule has 3 aromatic heterocycles. The van der Waals surface area contributed by atoms with E-state index in [2.05, 4.69) is 193 Å². The van der Waals surface area contributed by atoms with Crippen molar-refractivity contribution in [1.29, 1.82) is 0 Å². The molecule has 0 saturated heterocycles. The molecule has 262 valence electrons. The molecule has 0 aliphatic heterocycles. The van der Waals surface area contributed by atoms with Crippen LogP contribution in [0.5, 0.6) is 0 Å². The van der Waals surface area contributed by atoms with Gasteiger partial charge in [0.25, 0.3) is 0 Å². The normalized spacial score (nSPS) is 11.9. The number of anilines is 3. The number of nitrogens with zero attached hydrogens (tertiary/aromatic N) is 1. The maximum Gasteiger partial charge on any atom is 0.143 e. The predicted octanol–water partition coefficient (Wildman–Crippen LogP) is 16.3. The van der Waals surface area contributed by atoms with Crippen LogP contribution in [0, 0.1) is 0 Å². The fraction of sp³-hybridized carbons (Fsp3) is 0.